The predicted octanol–water partition coefficient (Wildman–Crippen LogP) is 4.13. The zero-order chi connectivity index (χ0) is 17.4. The normalized spacial score (nSPS) is 15.0. The van der Waals surface area contributed by atoms with E-state index in [1.165, 1.54) is 12.1 Å². The van der Waals surface area contributed by atoms with Gasteiger partial charge in [-0.05, 0) is 39.7 Å². The fraction of sp³-hybridized carbons (Fsp3) is 0.278. The number of carbonyl (C=O) groups is 1. The molecular formula is C18H16BrFN2O2S. The van der Waals surface area contributed by atoms with Gasteiger partial charge in [-0.15, -0.1) is 11.3 Å². The molecule has 1 aliphatic rings. The van der Waals surface area contributed by atoms with Crippen LogP contribution in [0.5, 0.6) is 0 Å². The first-order valence-electron chi connectivity index (χ1n) is 8.01. The van der Waals surface area contributed by atoms with Crippen molar-refractivity contribution in [2.75, 3.05) is 26.3 Å². The first kappa shape index (κ1) is 16.8. The van der Waals surface area contributed by atoms with Crippen molar-refractivity contribution in [1.82, 2.24) is 9.47 Å². The lowest BCUT2D eigenvalue weighted by molar-refractivity contribution is 0.0296. The Hall–Kier alpha value is -1.70. The molecule has 4 rings (SSSR count). The van der Waals surface area contributed by atoms with Crippen LogP contribution in [0.1, 0.15) is 16.1 Å². The molecule has 130 valence electrons. The Morgan fingerprint density at radius 2 is 2.08 bits per heavy atom. The van der Waals surface area contributed by atoms with E-state index in [-0.39, 0.29) is 11.7 Å². The molecule has 0 aliphatic carbocycles. The number of hydrogen-bond acceptors (Lipinski definition) is 3. The van der Waals surface area contributed by atoms with Gasteiger partial charge in [0.15, 0.2) is 0 Å². The molecule has 1 fully saturated rings. The van der Waals surface area contributed by atoms with Crippen molar-refractivity contribution in [2.24, 2.45) is 0 Å². The molecule has 1 amide bonds. The second-order valence-electron chi connectivity index (χ2n) is 5.95. The molecule has 0 radical (unpaired) electrons. The van der Waals surface area contributed by atoms with E-state index >= 15 is 0 Å². The Morgan fingerprint density at radius 3 is 2.84 bits per heavy atom. The van der Waals surface area contributed by atoms with Crippen molar-refractivity contribution >= 4 is 43.4 Å². The van der Waals surface area contributed by atoms with Gasteiger partial charge in [-0.1, -0.05) is 12.1 Å². The lowest BCUT2D eigenvalue weighted by Gasteiger charge is -2.27. The lowest BCUT2D eigenvalue weighted by Crippen LogP contribution is -2.41. The SMILES string of the molecule is O=C(c1cc2scc(Br)c2n1Cc1cccc(F)c1)N1CCOCC1. The summed E-state index contributed by atoms with van der Waals surface area (Å²) in [5, 5.41) is 2.01. The molecule has 0 N–H and O–H groups in total. The largest absolute Gasteiger partial charge is 0.378 e. The Labute approximate surface area is 156 Å². The Bertz CT molecular complexity index is 930. The van der Waals surface area contributed by atoms with E-state index in [9.17, 15) is 9.18 Å². The van der Waals surface area contributed by atoms with Gasteiger partial charge in [0.1, 0.15) is 11.5 Å². The average Bonchev–Trinajstić information content (AvgIpc) is 3.16. The Morgan fingerprint density at radius 1 is 1.28 bits per heavy atom. The minimum atomic E-state index is -0.272. The summed E-state index contributed by atoms with van der Waals surface area (Å²) in [4.78, 5) is 14.8. The van der Waals surface area contributed by atoms with Crippen LogP contribution in [0, 0.1) is 5.82 Å². The highest BCUT2D eigenvalue weighted by atomic mass is 79.9. The van der Waals surface area contributed by atoms with E-state index < -0.39 is 0 Å². The number of amides is 1. The molecule has 4 nitrogen and oxygen atoms in total. The highest BCUT2D eigenvalue weighted by Gasteiger charge is 2.24. The maximum absolute atomic E-state index is 13.6. The second kappa shape index (κ2) is 6.90. The molecule has 1 aromatic carbocycles. The second-order valence-corrected chi connectivity index (χ2v) is 7.71. The minimum Gasteiger partial charge on any atom is -0.378 e. The van der Waals surface area contributed by atoms with Crippen molar-refractivity contribution in [1.29, 1.82) is 0 Å². The molecule has 0 atom stereocenters. The topological polar surface area (TPSA) is 34.5 Å². The number of nitrogens with zero attached hydrogens (tertiary/aromatic N) is 2. The summed E-state index contributed by atoms with van der Waals surface area (Å²) in [6.07, 6.45) is 0. The molecule has 1 saturated heterocycles. The molecule has 7 heteroatoms. The minimum absolute atomic E-state index is 0.00463. The van der Waals surface area contributed by atoms with Crippen LogP contribution in [0.15, 0.2) is 40.2 Å². The van der Waals surface area contributed by atoms with Crippen LogP contribution in [0.3, 0.4) is 0 Å². The number of fused-ring (bicyclic) bond motifs is 1. The fourth-order valence-corrected chi connectivity index (χ4v) is 4.81. The van der Waals surface area contributed by atoms with Crippen molar-refractivity contribution in [3.05, 3.63) is 57.3 Å². The lowest BCUT2D eigenvalue weighted by atomic mass is 10.2. The van der Waals surface area contributed by atoms with Crippen LogP contribution >= 0.6 is 27.3 Å². The standard InChI is InChI=1S/C18H16BrFN2O2S/c19-14-11-25-16-9-15(18(23)21-4-6-24-7-5-21)22(17(14)16)10-12-2-1-3-13(20)8-12/h1-3,8-9,11H,4-7,10H2. The van der Waals surface area contributed by atoms with Gasteiger partial charge in [0, 0.05) is 25.0 Å². The third-order valence-electron chi connectivity index (χ3n) is 4.32. The summed E-state index contributed by atoms with van der Waals surface area (Å²) in [7, 11) is 0. The molecule has 0 bridgehead atoms. The number of morpholine rings is 1. The van der Waals surface area contributed by atoms with Crippen LogP contribution in [0.2, 0.25) is 0 Å². The van der Waals surface area contributed by atoms with Gasteiger partial charge in [-0.25, -0.2) is 4.39 Å². The number of hydrogen-bond donors (Lipinski definition) is 0. The molecule has 3 aromatic rings. The zero-order valence-electron chi connectivity index (χ0n) is 13.4. The number of carbonyl (C=O) groups excluding carboxylic acids is 1. The first-order chi connectivity index (χ1) is 12.1. The number of ether oxygens (including phenoxy) is 1. The number of halogens is 2. The van der Waals surface area contributed by atoms with Gasteiger partial charge in [0.2, 0.25) is 0 Å². The van der Waals surface area contributed by atoms with Crippen molar-refractivity contribution < 1.29 is 13.9 Å². The smallest absolute Gasteiger partial charge is 0.270 e. The van der Waals surface area contributed by atoms with Crippen molar-refractivity contribution in [3.8, 4) is 0 Å². The summed E-state index contributed by atoms with van der Waals surface area (Å²) in [5.41, 5.74) is 2.44. The van der Waals surface area contributed by atoms with E-state index in [2.05, 4.69) is 15.9 Å². The first-order valence-corrected chi connectivity index (χ1v) is 9.68. The van der Waals surface area contributed by atoms with Gasteiger partial charge < -0.3 is 14.2 Å². The van der Waals surface area contributed by atoms with Gasteiger partial charge in [0.25, 0.3) is 5.91 Å². The fourth-order valence-electron chi connectivity index (χ4n) is 3.12. The van der Waals surface area contributed by atoms with Gasteiger partial charge >= 0.3 is 0 Å². The number of aromatic nitrogens is 1. The molecular weight excluding hydrogens is 407 g/mol. The average molecular weight is 423 g/mol. The quantitative estimate of drug-likeness (QED) is 0.635. The highest BCUT2D eigenvalue weighted by molar-refractivity contribution is 9.10. The van der Waals surface area contributed by atoms with Crippen molar-refractivity contribution in [2.45, 2.75) is 6.54 Å². The zero-order valence-corrected chi connectivity index (χ0v) is 15.8. The van der Waals surface area contributed by atoms with Crippen LogP contribution in [0.25, 0.3) is 10.2 Å². The number of benzene rings is 1. The number of thiophene rings is 1. The molecule has 25 heavy (non-hydrogen) atoms. The van der Waals surface area contributed by atoms with Crippen LogP contribution < -0.4 is 0 Å². The molecule has 0 saturated carbocycles. The third kappa shape index (κ3) is 3.23. The van der Waals surface area contributed by atoms with Gasteiger partial charge in [0.05, 0.1) is 27.9 Å². The summed E-state index contributed by atoms with van der Waals surface area (Å²) >= 11 is 5.16. The summed E-state index contributed by atoms with van der Waals surface area (Å²) in [5.74, 6) is -0.277. The van der Waals surface area contributed by atoms with E-state index in [0.29, 0.717) is 38.5 Å². The van der Waals surface area contributed by atoms with Crippen LogP contribution in [0.4, 0.5) is 4.39 Å². The molecule has 3 heterocycles. The van der Waals surface area contributed by atoms with E-state index in [4.69, 9.17) is 4.74 Å². The van der Waals surface area contributed by atoms with Gasteiger partial charge in [-0.2, -0.15) is 0 Å². The third-order valence-corrected chi connectivity index (χ3v) is 6.15. The predicted molar refractivity (Wildman–Crippen MR) is 99.7 cm³/mol. The Kier molecular flexibility index (Phi) is 4.62. The van der Waals surface area contributed by atoms with Crippen LogP contribution in [-0.4, -0.2) is 41.7 Å². The highest BCUT2D eigenvalue weighted by Crippen LogP contribution is 2.34. The summed E-state index contributed by atoms with van der Waals surface area (Å²) in [6, 6.07) is 8.43. The van der Waals surface area contributed by atoms with Crippen molar-refractivity contribution in [3.63, 3.8) is 0 Å². The number of rotatable bonds is 3. The maximum atomic E-state index is 13.6. The van der Waals surface area contributed by atoms with E-state index in [0.717, 1.165) is 20.3 Å². The summed E-state index contributed by atoms with van der Waals surface area (Å²) in [6.45, 7) is 2.77. The maximum Gasteiger partial charge on any atom is 0.270 e. The Balaban J connectivity index is 1.77. The monoisotopic (exact) mass is 422 g/mol. The molecule has 2 aromatic heterocycles. The van der Waals surface area contributed by atoms with Crippen LogP contribution in [-0.2, 0) is 11.3 Å². The van der Waals surface area contributed by atoms with E-state index in [1.807, 2.05) is 27.0 Å². The van der Waals surface area contributed by atoms with Gasteiger partial charge in [-0.3, -0.25) is 4.79 Å². The molecule has 0 spiro atoms. The molecule has 0 unspecified atom stereocenters. The summed E-state index contributed by atoms with van der Waals surface area (Å²) < 4.78 is 22.9. The molecule has 1 aliphatic heterocycles. The van der Waals surface area contributed by atoms with E-state index in [1.54, 1.807) is 17.4 Å².